The van der Waals surface area contributed by atoms with Gasteiger partial charge in [-0.15, -0.1) is 24.0 Å². The minimum atomic E-state index is -0.241. The van der Waals surface area contributed by atoms with Gasteiger partial charge in [0.05, 0.1) is 0 Å². The Kier molecular flexibility index (Phi) is 9.90. The van der Waals surface area contributed by atoms with Crippen molar-refractivity contribution in [1.29, 1.82) is 0 Å². The van der Waals surface area contributed by atoms with Crippen molar-refractivity contribution in [2.45, 2.75) is 45.2 Å². The molecule has 0 radical (unpaired) electrons. The van der Waals surface area contributed by atoms with Crippen LogP contribution in [-0.4, -0.2) is 54.9 Å². The lowest BCUT2D eigenvalue weighted by Gasteiger charge is -2.33. The molecule has 1 fully saturated rings. The first kappa shape index (κ1) is 22.7. The number of nitrogens with one attached hydrogen (secondary N) is 1. The number of halogens is 2. The molecule has 1 aromatic rings. The number of aliphatic imine (C=N–C) groups is 1. The number of amides is 1. The number of guanidine groups is 1. The Bertz CT molecular complexity index is 611. The highest BCUT2D eigenvalue weighted by Gasteiger charge is 2.22. The van der Waals surface area contributed by atoms with E-state index in [9.17, 15) is 9.18 Å². The zero-order chi connectivity index (χ0) is 18.2. The molecule has 1 saturated heterocycles. The molecule has 7 heteroatoms. The predicted octanol–water partition coefficient (Wildman–Crippen LogP) is 3.24. The Balaban J connectivity index is 0.00000338. The lowest BCUT2D eigenvalue weighted by molar-refractivity contribution is -0.134. The third-order valence-corrected chi connectivity index (χ3v) is 4.63. The van der Waals surface area contributed by atoms with E-state index in [1.165, 1.54) is 18.6 Å². The van der Waals surface area contributed by atoms with E-state index >= 15 is 0 Å². The van der Waals surface area contributed by atoms with Crippen molar-refractivity contribution in [2.24, 2.45) is 4.99 Å². The van der Waals surface area contributed by atoms with Gasteiger partial charge in [-0.3, -0.25) is 9.79 Å². The number of nitrogens with zero attached hydrogens (tertiary/aromatic N) is 3. The average Bonchev–Trinajstić information content (AvgIpc) is 2.59. The monoisotopic (exact) mass is 476 g/mol. The van der Waals surface area contributed by atoms with Crippen molar-refractivity contribution in [3.8, 4) is 0 Å². The molecular weight excluding hydrogens is 446 g/mol. The quantitative estimate of drug-likeness (QED) is 0.404. The smallest absolute Gasteiger partial charge is 0.224 e. The third-order valence-electron chi connectivity index (χ3n) is 4.63. The minimum Gasteiger partial charge on any atom is -0.356 e. The van der Waals surface area contributed by atoms with E-state index in [1.807, 2.05) is 22.9 Å². The molecule has 1 atom stereocenters. The normalized spacial score (nSPS) is 17.5. The molecule has 1 amide bonds. The predicted molar refractivity (Wildman–Crippen MR) is 114 cm³/mol. The van der Waals surface area contributed by atoms with Crippen molar-refractivity contribution in [3.63, 3.8) is 0 Å². The fraction of sp³-hybridized carbons (Fsp3) is 0.579. The molecule has 0 aromatic heterocycles. The van der Waals surface area contributed by atoms with Crippen LogP contribution in [0, 0.1) is 5.82 Å². The summed E-state index contributed by atoms with van der Waals surface area (Å²) in [6.45, 7) is 4.08. The zero-order valence-electron chi connectivity index (χ0n) is 15.9. The highest BCUT2D eigenvalue weighted by atomic mass is 127. The zero-order valence-corrected chi connectivity index (χ0v) is 18.2. The molecular formula is C19H30FIN4O. The lowest BCUT2D eigenvalue weighted by Crippen LogP contribution is -2.44. The van der Waals surface area contributed by atoms with Crippen LogP contribution >= 0.6 is 24.0 Å². The van der Waals surface area contributed by atoms with Crippen molar-refractivity contribution in [1.82, 2.24) is 15.1 Å². The van der Waals surface area contributed by atoms with Gasteiger partial charge in [0, 0.05) is 46.2 Å². The summed E-state index contributed by atoms with van der Waals surface area (Å²) in [5.41, 5.74) is 0.878. The Morgan fingerprint density at radius 3 is 2.85 bits per heavy atom. The largest absolute Gasteiger partial charge is 0.356 e. The van der Waals surface area contributed by atoms with Gasteiger partial charge in [-0.2, -0.15) is 0 Å². The summed E-state index contributed by atoms with van der Waals surface area (Å²) in [4.78, 5) is 20.5. The summed E-state index contributed by atoms with van der Waals surface area (Å²) in [6.07, 6.45) is 3.86. The molecule has 0 spiro atoms. The van der Waals surface area contributed by atoms with Gasteiger partial charge in [-0.1, -0.05) is 12.1 Å². The van der Waals surface area contributed by atoms with Crippen molar-refractivity contribution in [3.05, 3.63) is 35.6 Å². The van der Waals surface area contributed by atoms with Gasteiger partial charge in [-0.25, -0.2) is 4.39 Å². The summed E-state index contributed by atoms with van der Waals surface area (Å²) >= 11 is 0. The first-order valence-electron chi connectivity index (χ1n) is 8.97. The molecule has 1 aromatic carbocycles. The Hall–Kier alpha value is -1.38. The molecule has 1 aliphatic rings. The van der Waals surface area contributed by atoms with Gasteiger partial charge in [0.15, 0.2) is 5.96 Å². The molecule has 146 valence electrons. The molecule has 1 N–H and O–H groups in total. The number of rotatable bonds is 5. The topological polar surface area (TPSA) is 47.9 Å². The fourth-order valence-electron chi connectivity index (χ4n) is 3.26. The second-order valence-corrected chi connectivity index (χ2v) is 6.64. The SMILES string of the molecule is CN=C(NCCC(=O)N1CCCCC1C)N(C)Cc1cccc(F)c1.I. The van der Waals surface area contributed by atoms with Crippen LogP contribution in [0.3, 0.4) is 0 Å². The molecule has 1 aliphatic heterocycles. The average molecular weight is 476 g/mol. The number of likely N-dealkylation sites (tertiary alicyclic amines) is 1. The van der Waals surface area contributed by atoms with Crippen molar-refractivity contribution < 1.29 is 9.18 Å². The van der Waals surface area contributed by atoms with Crippen LogP contribution in [0.25, 0.3) is 0 Å². The Morgan fingerprint density at radius 1 is 1.42 bits per heavy atom. The molecule has 2 rings (SSSR count). The van der Waals surface area contributed by atoms with Crippen LogP contribution in [0.15, 0.2) is 29.3 Å². The number of hydrogen-bond acceptors (Lipinski definition) is 2. The Morgan fingerprint density at radius 2 is 2.19 bits per heavy atom. The van der Waals surface area contributed by atoms with Crippen LogP contribution in [0.2, 0.25) is 0 Å². The fourth-order valence-corrected chi connectivity index (χ4v) is 3.26. The molecule has 0 bridgehead atoms. The minimum absolute atomic E-state index is 0. The van der Waals surface area contributed by atoms with Gasteiger partial charge in [0.25, 0.3) is 0 Å². The van der Waals surface area contributed by atoms with E-state index in [1.54, 1.807) is 13.1 Å². The summed E-state index contributed by atoms with van der Waals surface area (Å²) in [6, 6.07) is 6.88. The van der Waals surface area contributed by atoms with Gasteiger partial charge in [0.1, 0.15) is 5.82 Å². The van der Waals surface area contributed by atoms with Gasteiger partial charge >= 0.3 is 0 Å². The molecule has 0 saturated carbocycles. The van der Waals surface area contributed by atoms with Gasteiger partial charge in [-0.05, 0) is 43.9 Å². The van der Waals surface area contributed by atoms with E-state index in [0.717, 1.165) is 24.9 Å². The van der Waals surface area contributed by atoms with Crippen molar-refractivity contribution >= 4 is 35.8 Å². The number of benzene rings is 1. The standard InChI is InChI=1S/C19H29FN4O.HI/c1-15-7-4-5-12-24(15)18(25)10-11-22-19(21-2)23(3)14-16-8-6-9-17(20)13-16;/h6,8-9,13,15H,4-5,7,10-12,14H2,1-3H3,(H,21,22);1H. The van der Waals surface area contributed by atoms with E-state index < -0.39 is 0 Å². The molecule has 0 aliphatic carbocycles. The number of piperidine rings is 1. The van der Waals surface area contributed by atoms with Crippen LogP contribution in [0.1, 0.15) is 38.2 Å². The van der Waals surface area contributed by atoms with Crippen molar-refractivity contribution in [2.75, 3.05) is 27.2 Å². The summed E-state index contributed by atoms with van der Waals surface area (Å²) in [5.74, 6) is 0.654. The van der Waals surface area contributed by atoms with Crippen LogP contribution in [0.4, 0.5) is 4.39 Å². The highest BCUT2D eigenvalue weighted by Crippen LogP contribution is 2.17. The van der Waals surface area contributed by atoms with E-state index in [-0.39, 0.29) is 35.7 Å². The summed E-state index contributed by atoms with van der Waals surface area (Å²) in [7, 11) is 3.60. The third kappa shape index (κ3) is 6.74. The molecule has 1 unspecified atom stereocenters. The van der Waals surface area contributed by atoms with E-state index in [2.05, 4.69) is 17.2 Å². The number of carbonyl (C=O) groups excluding carboxylic acids is 1. The number of carbonyl (C=O) groups is 1. The second kappa shape index (κ2) is 11.4. The molecule has 5 nitrogen and oxygen atoms in total. The maximum Gasteiger partial charge on any atom is 0.224 e. The maximum atomic E-state index is 13.3. The molecule has 26 heavy (non-hydrogen) atoms. The van der Waals surface area contributed by atoms with E-state index in [0.29, 0.717) is 31.5 Å². The first-order chi connectivity index (χ1) is 12.0. The van der Waals surface area contributed by atoms with E-state index in [4.69, 9.17) is 0 Å². The molecule has 1 heterocycles. The first-order valence-corrected chi connectivity index (χ1v) is 8.97. The summed E-state index contributed by atoms with van der Waals surface area (Å²) in [5, 5.41) is 3.22. The lowest BCUT2D eigenvalue weighted by atomic mass is 10.0. The Labute approximate surface area is 173 Å². The van der Waals surface area contributed by atoms with Gasteiger partial charge < -0.3 is 15.1 Å². The van der Waals surface area contributed by atoms with Crippen LogP contribution < -0.4 is 5.32 Å². The van der Waals surface area contributed by atoms with Crippen LogP contribution in [0.5, 0.6) is 0 Å². The second-order valence-electron chi connectivity index (χ2n) is 6.64. The van der Waals surface area contributed by atoms with Gasteiger partial charge in [0.2, 0.25) is 5.91 Å². The van der Waals surface area contributed by atoms with Crippen LogP contribution in [-0.2, 0) is 11.3 Å². The highest BCUT2D eigenvalue weighted by molar-refractivity contribution is 14.0. The maximum absolute atomic E-state index is 13.3. The number of hydrogen-bond donors (Lipinski definition) is 1. The summed E-state index contributed by atoms with van der Waals surface area (Å²) < 4.78 is 13.3.